The smallest absolute Gasteiger partial charge is 0.165 e. The summed E-state index contributed by atoms with van der Waals surface area (Å²) in [5, 5.41) is 4.18. The molecule has 3 rings (SSSR count). The molecule has 0 aromatic heterocycles. The Hall–Kier alpha value is -1.58. The highest BCUT2D eigenvalue weighted by Crippen LogP contribution is 2.34. The van der Waals surface area contributed by atoms with Gasteiger partial charge in [0.05, 0.1) is 6.61 Å². The van der Waals surface area contributed by atoms with Crippen LogP contribution in [0.25, 0.3) is 0 Å². The van der Waals surface area contributed by atoms with Crippen LogP contribution in [0.4, 0.5) is 4.39 Å². The van der Waals surface area contributed by atoms with Gasteiger partial charge in [-0.15, -0.1) is 0 Å². The Kier molecular flexibility index (Phi) is 3.90. The van der Waals surface area contributed by atoms with Gasteiger partial charge in [0, 0.05) is 29.6 Å². The van der Waals surface area contributed by atoms with Gasteiger partial charge in [0.1, 0.15) is 0 Å². The van der Waals surface area contributed by atoms with Crippen LogP contribution in [-0.2, 0) is 6.54 Å². The first-order chi connectivity index (χ1) is 9.74. The Morgan fingerprint density at radius 2 is 2.00 bits per heavy atom. The predicted molar refractivity (Wildman–Crippen MR) is 77.5 cm³/mol. The van der Waals surface area contributed by atoms with E-state index in [0.29, 0.717) is 12.4 Å². The summed E-state index contributed by atoms with van der Waals surface area (Å²) in [7, 11) is 0. The van der Waals surface area contributed by atoms with Crippen LogP contribution < -0.4 is 10.1 Å². The SMILES string of the molecule is Fc1cccc2c1OCCC2NCc1ccc(Cl)cc1. The Balaban J connectivity index is 1.73. The topological polar surface area (TPSA) is 21.3 Å². The van der Waals surface area contributed by atoms with E-state index < -0.39 is 0 Å². The summed E-state index contributed by atoms with van der Waals surface area (Å²) in [4.78, 5) is 0. The van der Waals surface area contributed by atoms with Crippen molar-refractivity contribution in [2.24, 2.45) is 0 Å². The number of para-hydroxylation sites is 1. The zero-order chi connectivity index (χ0) is 13.9. The summed E-state index contributed by atoms with van der Waals surface area (Å²) in [5.74, 6) is 0.0906. The molecule has 0 spiro atoms. The predicted octanol–water partition coefficient (Wildman–Crippen LogP) is 4.09. The summed E-state index contributed by atoms with van der Waals surface area (Å²) in [6.07, 6.45) is 0.837. The zero-order valence-electron chi connectivity index (χ0n) is 10.9. The third-order valence-electron chi connectivity index (χ3n) is 3.49. The molecule has 0 bridgehead atoms. The normalized spacial score (nSPS) is 17.4. The molecule has 104 valence electrons. The van der Waals surface area contributed by atoms with E-state index in [-0.39, 0.29) is 11.9 Å². The van der Waals surface area contributed by atoms with Gasteiger partial charge < -0.3 is 10.1 Å². The minimum absolute atomic E-state index is 0.116. The molecule has 0 amide bonds. The molecule has 4 heteroatoms. The van der Waals surface area contributed by atoms with E-state index in [1.165, 1.54) is 6.07 Å². The van der Waals surface area contributed by atoms with Gasteiger partial charge in [0.25, 0.3) is 0 Å². The number of hydrogen-bond donors (Lipinski definition) is 1. The van der Waals surface area contributed by atoms with E-state index in [4.69, 9.17) is 16.3 Å². The van der Waals surface area contributed by atoms with Crippen molar-refractivity contribution >= 4 is 11.6 Å². The van der Waals surface area contributed by atoms with Gasteiger partial charge in [-0.1, -0.05) is 35.9 Å². The lowest BCUT2D eigenvalue weighted by molar-refractivity contribution is 0.240. The lowest BCUT2D eigenvalue weighted by Crippen LogP contribution is -2.27. The minimum Gasteiger partial charge on any atom is -0.490 e. The summed E-state index contributed by atoms with van der Waals surface area (Å²) in [6.45, 7) is 1.25. The number of ether oxygens (including phenoxy) is 1. The number of benzene rings is 2. The van der Waals surface area contributed by atoms with Crippen molar-refractivity contribution in [1.29, 1.82) is 0 Å². The van der Waals surface area contributed by atoms with Gasteiger partial charge >= 0.3 is 0 Å². The first-order valence-electron chi connectivity index (χ1n) is 6.63. The third-order valence-corrected chi connectivity index (χ3v) is 3.74. The number of rotatable bonds is 3. The summed E-state index contributed by atoms with van der Waals surface area (Å²) in [6, 6.07) is 12.9. The molecule has 0 saturated carbocycles. The van der Waals surface area contributed by atoms with Crippen LogP contribution in [0.2, 0.25) is 5.02 Å². The molecule has 2 aromatic rings. The molecule has 1 unspecified atom stereocenters. The summed E-state index contributed by atoms with van der Waals surface area (Å²) >= 11 is 5.87. The summed E-state index contributed by atoms with van der Waals surface area (Å²) in [5.41, 5.74) is 2.05. The maximum absolute atomic E-state index is 13.7. The van der Waals surface area contributed by atoms with Crippen molar-refractivity contribution < 1.29 is 9.13 Å². The lowest BCUT2D eigenvalue weighted by atomic mass is 10.00. The first-order valence-corrected chi connectivity index (χ1v) is 7.01. The zero-order valence-corrected chi connectivity index (χ0v) is 11.7. The highest BCUT2D eigenvalue weighted by Gasteiger charge is 2.23. The second-order valence-corrected chi connectivity index (χ2v) is 5.29. The number of halogens is 2. The molecule has 0 aliphatic carbocycles. The van der Waals surface area contributed by atoms with Crippen LogP contribution in [0.1, 0.15) is 23.6 Å². The first kappa shape index (κ1) is 13.4. The second-order valence-electron chi connectivity index (χ2n) is 4.86. The van der Waals surface area contributed by atoms with E-state index in [1.54, 1.807) is 6.07 Å². The molecule has 1 aliphatic heterocycles. The fourth-order valence-corrected chi connectivity index (χ4v) is 2.57. The van der Waals surface area contributed by atoms with Crippen LogP contribution in [0.5, 0.6) is 5.75 Å². The van der Waals surface area contributed by atoms with E-state index >= 15 is 0 Å². The molecule has 1 N–H and O–H groups in total. The molecule has 0 fully saturated rings. The maximum atomic E-state index is 13.7. The van der Waals surface area contributed by atoms with Crippen molar-refractivity contribution in [3.05, 3.63) is 64.4 Å². The molecular weight excluding hydrogens is 277 g/mol. The monoisotopic (exact) mass is 291 g/mol. The van der Waals surface area contributed by atoms with Crippen molar-refractivity contribution in [2.45, 2.75) is 19.0 Å². The molecule has 0 radical (unpaired) electrons. The maximum Gasteiger partial charge on any atom is 0.165 e. The van der Waals surface area contributed by atoms with E-state index in [2.05, 4.69) is 5.32 Å². The molecular formula is C16H15ClFNO. The number of hydrogen-bond acceptors (Lipinski definition) is 2. The van der Waals surface area contributed by atoms with Gasteiger partial charge in [0.2, 0.25) is 0 Å². The fraction of sp³-hybridized carbons (Fsp3) is 0.250. The molecule has 2 aromatic carbocycles. The van der Waals surface area contributed by atoms with Crippen molar-refractivity contribution in [3.8, 4) is 5.75 Å². The number of fused-ring (bicyclic) bond motifs is 1. The average Bonchev–Trinajstić information content (AvgIpc) is 2.47. The Morgan fingerprint density at radius 3 is 2.80 bits per heavy atom. The molecule has 1 atom stereocenters. The standard InChI is InChI=1S/C16H15ClFNO/c17-12-6-4-11(5-7-12)10-19-15-8-9-20-16-13(15)2-1-3-14(16)18/h1-7,15,19H,8-10H2. The molecule has 2 nitrogen and oxygen atoms in total. The van der Waals surface area contributed by atoms with Gasteiger partial charge in [0.15, 0.2) is 11.6 Å². The van der Waals surface area contributed by atoms with Gasteiger partial charge in [-0.25, -0.2) is 4.39 Å². The lowest BCUT2D eigenvalue weighted by Gasteiger charge is -2.27. The average molecular weight is 292 g/mol. The van der Waals surface area contributed by atoms with E-state index in [9.17, 15) is 4.39 Å². The van der Waals surface area contributed by atoms with E-state index in [0.717, 1.165) is 29.1 Å². The van der Waals surface area contributed by atoms with Crippen LogP contribution in [-0.4, -0.2) is 6.61 Å². The minimum atomic E-state index is -0.291. The van der Waals surface area contributed by atoms with Crippen LogP contribution in [0.15, 0.2) is 42.5 Å². The Bertz CT molecular complexity index is 600. The van der Waals surface area contributed by atoms with Crippen LogP contribution >= 0.6 is 11.6 Å². The highest BCUT2D eigenvalue weighted by molar-refractivity contribution is 6.30. The molecule has 1 heterocycles. The largest absolute Gasteiger partial charge is 0.490 e. The van der Waals surface area contributed by atoms with Crippen LogP contribution in [0, 0.1) is 5.82 Å². The quantitative estimate of drug-likeness (QED) is 0.919. The number of nitrogens with one attached hydrogen (secondary N) is 1. The van der Waals surface area contributed by atoms with Crippen molar-refractivity contribution in [1.82, 2.24) is 5.32 Å². The molecule has 0 saturated heterocycles. The van der Waals surface area contributed by atoms with Crippen molar-refractivity contribution in [3.63, 3.8) is 0 Å². The second kappa shape index (κ2) is 5.81. The fourth-order valence-electron chi connectivity index (χ4n) is 2.44. The Morgan fingerprint density at radius 1 is 1.20 bits per heavy atom. The summed E-state index contributed by atoms with van der Waals surface area (Å²) < 4.78 is 19.1. The van der Waals surface area contributed by atoms with Crippen LogP contribution in [0.3, 0.4) is 0 Å². The van der Waals surface area contributed by atoms with Gasteiger partial charge in [-0.3, -0.25) is 0 Å². The third kappa shape index (κ3) is 2.79. The van der Waals surface area contributed by atoms with Gasteiger partial charge in [-0.05, 0) is 23.8 Å². The van der Waals surface area contributed by atoms with E-state index in [1.807, 2.05) is 30.3 Å². The molecule has 20 heavy (non-hydrogen) atoms. The van der Waals surface area contributed by atoms with Gasteiger partial charge in [-0.2, -0.15) is 0 Å². The van der Waals surface area contributed by atoms with Crippen molar-refractivity contribution in [2.75, 3.05) is 6.61 Å². The Labute approximate surface area is 122 Å². The molecule has 1 aliphatic rings. The highest BCUT2D eigenvalue weighted by atomic mass is 35.5.